The van der Waals surface area contributed by atoms with Gasteiger partial charge in [0.1, 0.15) is 0 Å². The van der Waals surface area contributed by atoms with E-state index in [4.69, 9.17) is 0 Å². The Bertz CT molecular complexity index is 205. The minimum absolute atomic E-state index is 0. The van der Waals surface area contributed by atoms with E-state index < -0.39 is 0 Å². The van der Waals surface area contributed by atoms with Crippen LogP contribution < -0.4 is 18.9 Å². The molecule has 0 unspecified atom stereocenters. The smallest absolute Gasteiger partial charge is 0.304 e. The second-order valence-electron chi connectivity index (χ2n) is 3.27. The SMILES string of the molecule is CCCCC#CC1=[C-]CCCC1.[Li+]. The van der Waals surface area contributed by atoms with Gasteiger partial charge in [-0.25, -0.2) is 5.92 Å². The molecule has 0 aromatic rings. The van der Waals surface area contributed by atoms with Crippen LogP contribution in [0.1, 0.15) is 51.9 Å². The van der Waals surface area contributed by atoms with Crippen molar-refractivity contribution in [2.75, 3.05) is 0 Å². The normalized spacial score (nSPS) is 15.0. The van der Waals surface area contributed by atoms with Crippen molar-refractivity contribution in [1.29, 1.82) is 0 Å². The van der Waals surface area contributed by atoms with Crippen molar-refractivity contribution in [2.24, 2.45) is 0 Å². The third-order valence-corrected chi connectivity index (χ3v) is 2.09. The van der Waals surface area contributed by atoms with Crippen molar-refractivity contribution in [3.8, 4) is 11.8 Å². The molecule has 0 saturated heterocycles. The first-order chi connectivity index (χ1) is 5.93. The van der Waals surface area contributed by atoms with Crippen molar-refractivity contribution in [3.05, 3.63) is 11.6 Å². The van der Waals surface area contributed by atoms with Gasteiger partial charge in [0.2, 0.25) is 0 Å². The van der Waals surface area contributed by atoms with Crippen LogP contribution in [0.25, 0.3) is 0 Å². The van der Waals surface area contributed by atoms with Crippen LogP contribution in [-0.2, 0) is 0 Å². The van der Waals surface area contributed by atoms with Crippen LogP contribution in [-0.4, -0.2) is 0 Å². The van der Waals surface area contributed by atoms with Gasteiger partial charge in [0.05, 0.1) is 0 Å². The molecule has 1 rings (SSSR count). The molecule has 0 amide bonds. The number of unbranched alkanes of at least 4 members (excludes halogenated alkanes) is 2. The molecule has 0 aliphatic heterocycles. The van der Waals surface area contributed by atoms with E-state index in [0.29, 0.717) is 0 Å². The van der Waals surface area contributed by atoms with Crippen molar-refractivity contribution < 1.29 is 18.9 Å². The maximum atomic E-state index is 3.34. The van der Waals surface area contributed by atoms with Gasteiger partial charge in [-0.15, -0.1) is 6.42 Å². The van der Waals surface area contributed by atoms with E-state index in [2.05, 4.69) is 24.8 Å². The second-order valence-corrected chi connectivity index (χ2v) is 3.27. The third-order valence-electron chi connectivity index (χ3n) is 2.09. The van der Waals surface area contributed by atoms with E-state index in [9.17, 15) is 0 Å². The summed E-state index contributed by atoms with van der Waals surface area (Å²) in [4.78, 5) is 0. The van der Waals surface area contributed by atoms with Gasteiger partial charge in [0.15, 0.2) is 0 Å². The molecule has 0 heterocycles. The summed E-state index contributed by atoms with van der Waals surface area (Å²) in [5.41, 5.74) is 1.26. The minimum Gasteiger partial charge on any atom is -0.304 e. The molecule has 0 N–H and O–H groups in total. The van der Waals surface area contributed by atoms with E-state index in [1.165, 1.54) is 37.7 Å². The average molecular weight is 168 g/mol. The fraction of sp³-hybridized carbons (Fsp3) is 0.667. The summed E-state index contributed by atoms with van der Waals surface area (Å²) in [5, 5.41) is 0. The first-order valence-electron chi connectivity index (χ1n) is 5.02. The van der Waals surface area contributed by atoms with Gasteiger partial charge in [-0.1, -0.05) is 32.6 Å². The first-order valence-corrected chi connectivity index (χ1v) is 5.02. The van der Waals surface area contributed by atoms with E-state index in [1.54, 1.807) is 0 Å². The molecule has 0 saturated carbocycles. The van der Waals surface area contributed by atoms with Gasteiger partial charge < -0.3 is 5.92 Å². The van der Waals surface area contributed by atoms with Crippen LogP contribution in [0.15, 0.2) is 5.57 Å². The molecule has 0 spiro atoms. The molecule has 1 heteroatoms. The quantitative estimate of drug-likeness (QED) is 0.243. The molecule has 0 nitrogen and oxygen atoms in total. The van der Waals surface area contributed by atoms with Crippen LogP contribution in [0, 0.1) is 17.9 Å². The maximum Gasteiger partial charge on any atom is 1.00 e. The van der Waals surface area contributed by atoms with Crippen LogP contribution in [0.3, 0.4) is 0 Å². The minimum atomic E-state index is 0. The molecule has 66 valence electrons. The predicted octanol–water partition coefficient (Wildman–Crippen LogP) is 0.488. The van der Waals surface area contributed by atoms with Crippen LogP contribution >= 0.6 is 0 Å². The first kappa shape index (κ1) is 12.9. The van der Waals surface area contributed by atoms with Crippen molar-refractivity contribution in [1.82, 2.24) is 0 Å². The molecular weight excluding hydrogens is 151 g/mol. The Hall–Kier alpha value is -0.103. The van der Waals surface area contributed by atoms with E-state index >= 15 is 0 Å². The van der Waals surface area contributed by atoms with Gasteiger partial charge in [-0.2, -0.15) is 5.57 Å². The number of hydrogen-bond donors (Lipinski definition) is 0. The van der Waals surface area contributed by atoms with E-state index in [1.807, 2.05) is 0 Å². The monoisotopic (exact) mass is 168 g/mol. The Morgan fingerprint density at radius 1 is 1.38 bits per heavy atom. The standard InChI is InChI=1S/C12H17.Li/c1-2-3-4-6-9-12-10-7-5-8-11-12;/h2-5,7-8,10H2,1H3;/q-1;+1. The van der Waals surface area contributed by atoms with Crippen molar-refractivity contribution in [3.63, 3.8) is 0 Å². The number of rotatable bonds is 2. The van der Waals surface area contributed by atoms with Gasteiger partial charge >= 0.3 is 18.9 Å². The molecule has 1 aliphatic carbocycles. The molecule has 0 radical (unpaired) electrons. The largest absolute Gasteiger partial charge is 1.00 e. The van der Waals surface area contributed by atoms with E-state index in [0.717, 1.165) is 12.8 Å². The summed E-state index contributed by atoms with van der Waals surface area (Å²) in [7, 11) is 0. The van der Waals surface area contributed by atoms with E-state index in [-0.39, 0.29) is 18.9 Å². The maximum absolute atomic E-state index is 3.34. The van der Waals surface area contributed by atoms with Crippen molar-refractivity contribution >= 4 is 0 Å². The third kappa shape index (κ3) is 6.03. The molecule has 0 fully saturated rings. The van der Waals surface area contributed by atoms with Crippen molar-refractivity contribution in [2.45, 2.75) is 51.9 Å². The second kappa shape index (κ2) is 8.49. The van der Waals surface area contributed by atoms with Gasteiger partial charge in [-0.05, 0) is 12.8 Å². The van der Waals surface area contributed by atoms with Crippen LogP contribution in [0.2, 0.25) is 0 Å². The summed E-state index contributed by atoms with van der Waals surface area (Å²) in [6, 6.07) is 0. The van der Waals surface area contributed by atoms with Crippen LogP contribution in [0.5, 0.6) is 0 Å². The Morgan fingerprint density at radius 3 is 2.85 bits per heavy atom. The number of hydrogen-bond acceptors (Lipinski definition) is 0. The zero-order valence-corrected chi connectivity index (χ0v) is 8.95. The zero-order valence-electron chi connectivity index (χ0n) is 8.95. The van der Waals surface area contributed by atoms with Gasteiger partial charge in [-0.3, -0.25) is 6.08 Å². The summed E-state index contributed by atoms with van der Waals surface area (Å²) in [5.74, 6) is 6.42. The molecule has 1 aliphatic rings. The van der Waals surface area contributed by atoms with Crippen LogP contribution in [0.4, 0.5) is 0 Å². The fourth-order valence-corrected chi connectivity index (χ4v) is 1.30. The van der Waals surface area contributed by atoms with Gasteiger partial charge in [0.25, 0.3) is 0 Å². The molecular formula is C12H17Li. The predicted molar refractivity (Wildman–Crippen MR) is 52.5 cm³/mol. The average Bonchev–Trinajstić information content (AvgIpc) is 2.14. The summed E-state index contributed by atoms with van der Waals surface area (Å²) in [6.45, 7) is 2.20. The molecule has 13 heavy (non-hydrogen) atoms. The molecule has 0 aromatic heterocycles. The summed E-state index contributed by atoms with van der Waals surface area (Å²) < 4.78 is 0. The molecule has 0 aromatic carbocycles. The Kier molecular flexibility index (Phi) is 8.43. The zero-order chi connectivity index (χ0) is 8.65. The fourth-order valence-electron chi connectivity index (χ4n) is 1.30. The topological polar surface area (TPSA) is 0 Å². The Morgan fingerprint density at radius 2 is 2.23 bits per heavy atom. The van der Waals surface area contributed by atoms with Gasteiger partial charge in [0, 0.05) is 0 Å². The molecule has 0 atom stereocenters. The molecule has 0 bridgehead atoms. The Balaban J connectivity index is 0.00000144. The Labute approximate surface area is 94.4 Å². The summed E-state index contributed by atoms with van der Waals surface area (Å²) in [6.07, 6.45) is 11.8. The number of allylic oxidation sites excluding steroid dienone is 2. The summed E-state index contributed by atoms with van der Waals surface area (Å²) >= 11 is 0.